The van der Waals surface area contributed by atoms with E-state index in [9.17, 15) is 4.79 Å². The number of halogens is 1. The van der Waals surface area contributed by atoms with Crippen LogP contribution >= 0.6 is 15.9 Å². The molecule has 0 spiro atoms. The second-order valence-corrected chi connectivity index (χ2v) is 4.73. The third kappa shape index (κ3) is 2.64. The van der Waals surface area contributed by atoms with Crippen LogP contribution in [0.5, 0.6) is 0 Å². The maximum Gasteiger partial charge on any atom is 0.307 e. The predicted octanol–water partition coefficient (Wildman–Crippen LogP) is 2.33. The summed E-state index contributed by atoms with van der Waals surface area (Å²) in [5.74, 6) is 0.184. The summed E-state index contributed by atoms with van der Waals surface area (Å²) in [5.41, 5.74) is 7.58. The van der Waals surface area contributed by atoms with E-state index in [0.29, 0.717) is 25.5 Å². The lowest BCUT2D eigenvalue weighted by Gasteiger charge is -2.06. The summed E-state index contributed by atoms with van der Waals surface area (Å²) >= 11 is 3.38. The number of ether oxygens (including phenoxy) is 1. The number of nitrogens with two attached hydrogens (primary N) is 1. The fourth-order valence-electron chi connectivity index (χ4n) is 1.79. The van der Waals surface area contributed by atoms with Gasteiger partial charge in [-0.3, -0.25) is 4.79 Å². The lowest BCUT2D eigenvalue weighted by Crippen LogP contribution is -2.10. The minimum absolute atomic E-state index is 0.226. The number of hydrogen-bond donors (Lipinski definition) is 1. The fraction of sp³-hybridized carbons (Fsp3) is 0.333. The molecule has 96 valence electrons. The number of esters is 1. The fourth-order valence-corrected chi connectivity index (χ4v) is 2.14. The van der Waals surface area contributed by atoms with E-state index in [-0.39, 0.29) is 5.97 Å². The van der Waals surface area contributed by atoms with E-state index in [1.165, 1.54) is 0 Å². The molecule has 0 aliphatic rings. The van der Waals surface area contributed by atoms with E-state index in [2.05, 4.69) is 20.9 Å². The number of hydrogen-bond acceptors (Lipinski definition) is 4. The van der Waals surface area contributed by atoms with E-state index in [1.54, 1.807) is 6.92 Å². The van der Waals surface area contributed by atoms with Crippen molar-refractivity contribution in [3.05, 3.63) is 22.7 Å². The molecule has 5 nitrogen and oxygen atoms in total. The quantitative estimate of drug-likeness (QED) is 0.880. The molecule has 0 unspecified atom stereocenters. The van der Waals surface area contributed by atoms with Gasteiger partial charge in [0.2, 0.25) is 5.95 Å². The summed E-state index contributed by atoms with van der Waals surface area (Å²) in [6.07, 6.45) is 0.291. The molecular weight excluding hydrogens is 298 g/mol. The first-order valence-electron chi connectivity index (χ1n) is 5.68. The van der Waals surface area contributed by atoms with E-state index in [0.717, 1.165) is 15.5 Å². The number of nitrogen functional groups attached to an aromatic ring is 1. The van der Waals surface area contributed by atoms with Crippen molar-refractivity contribution >= 4 is 38.9 Å². The second kappa shape index (κ2) is 5.39. The third-order valence-corrected chi connectivity index (χ3v) is 3.08. The average Bonchev–Trinajstić information content (AvgIpc) is 2.61. The number of carbonyl (C=O) groups excluding carboxylic acids is 1. The molecular formula is C12H14BrN3O2. The Balaban J connectivity index is 2.22. The minimum Gasteiger partial charge on any atom is -0.466 e. The smallest absolute Gasteiger partial charge is 0.307 e. The Bertz CT molecular complexity index is 580. The third-order valence-electron chi connectivity index (χ3n) is 2.58. The van der Waals surface area contributed by atoms with Crippen molar-refractivity contribution in [1.29, 1.82) is 0 Å². The van der Waals surface area contributed by atoms with Gasteiger partial charge in [0.05, 0.1) is 24.1 Å². The molecule has 18 heavy (non-hydrogen) atoms. The molecule has 0 amide bonds. The summed E-state index contributed by atoms with van der Waals surface area (Å²) in [6, 6.07) is 5.74. The second-order valence-electron chi connectivity index (χ2n) is 3.81. The Kier molecular flexibility index (Phi) is 3.86. The molecule has 2 N–H and O–H groups in total. The van der Waals surface area contributed by atoms with E-state index < -0.39 is 0 Å². The van der Waals surface area contributed by atoms with Gasteiger partial charge in [-0.1, -0.05) is 15.9 Å². The van der Waals surface area contributed by atoms with Gasteiger partial charge < -0.3 is 15.0 Å². The van der Waals surface area contributed by atoms with Crippen LogP contribution in [0.25, 0.3) is 11.0 Å². The Morgan fingerprint density at radius 2 is 2.33 bits per heavy atom. The van der Waals surface area contributed by atoms with Gasteiger partial charge in [0.15, 0.2) is 0 Å². The maximum absolute atomic E-state index is 11.3. The van der Waals surface area contributed by atoms with Crippen LogP contribution in [0, 0.1) is 0 Å². The van der Waals surface area contributed by atoms with Crippen LogP contribution in [0.2, 0.25) is 0 Å². The Hall–Kier alpha value is -1.56. The highest BCUT2D eigenvalue weighted by Gasteiger charge is 2.10. The van der Waals surface area contributed by atoms with Crippen LogP contribution < -0.4 is 5.73 Å². The lowest BCUT2D eigenvalue weighted by atomic mass is 10.3. The van der Waals surface area contributed by atoms with Crippen LogP contribution in [0.3, 0.4) is 0 Å². The molecule has 0 radical (unpaired) electrons. The van der Waals surface area contributed by atoms with Crippen LogP contribution in [0.15, 0.2) is 22.7 Å². The molecule has 1 heterocycles. The van der Waals surface area contributed by atoms with E-state index in [4.69, 9.17) is 10.5 Å². The van der Waals surface area contributed by atoms with E-state index >= 15 is 0 Å². The van der Waals surface area contributed by atoms with Crippen molar-refractivity contribution < 1.29 is 9.53 Å². The molecule has 0 aliphatic carbocycles. The highest BCUT2D eigenvalue weighted by molar-refractivity contribution is 9.10. The van der Waals surface area contributed by atoms with Gasteiger partial charge in [-0.2, -0.15) is 0 Å². The molecule has 0 fully saturated rings. The van der Waals surface area contributed by atoms with Crippen molar-refractivity contribution in [3.8, 4) is 0 Å². The van der Waals surface area contributed by atoms with Crippen molar-refractivity contribution in [2.75, 3.05) is 12.3 Å². The zero-order chi connectivity index (χ0) is 13.1. The summed E-state index contributed by atoms with van der Waals surface area (Å²) < 4.78 is 7.66. The van der Waals surface area contributed by atoms with Gasteiger partial charge in [-0.05, 0) is 25.1 Å². The molecule has 0 saturated heterocycles. The number of anilines is 1. The maximum atomic E-state index is 11.3. The zero-order valence-corrected chi connectivity index (χ0v) is 11.6. The first-order valence-corrected chi connectivity index (χ1v) is 6.48. The summed E-state index contributed by atoms with van der Waals surface area (Å²) in [5, 5.41) is 0. The van der Waals surface area contributed by atoms with Crippen LogP contribution in [0.1, 0.15) is 13.3 Å². The van der Waals surface area contributed by atoms with Crippen molar-refractivity contribution in [2.24, 2.45) is 0 Å². The van der Waals surface area contributed by atoms with Crippen molar-refractivity contribution in [2.45, 2.75) is 19.9 Å². The standard InChI is InChI=1S/C12H14BrN3O2/c1-2-18-11(17)5-6-16-10-4-3-8(13)7-9(10)15-12(16)14/h3-4,7H,2,5-6H2,1H3,(H2,14,15). The monoisotopic (exact) mass is 311 g/mol. The van der Waals surface area contributed by atoms with Crippen LogP contribution in [-0.2, 0) is 16.1 Å². The summed E-state index contributed by atoms with van der Waals surface area (Å²) in [6.45, 7) is 2.66. The Labute approximate surface area is 113 Å². The molecule has 0 bridgehead atoms. The number of fused-ring (bicyclic) bond motifs is 1. The van der Waals surface area contributed by atoms with Gasteiger partial charge in [0.25, 0.3) is 0 Å². The van der Waals surface area contributed by atoms with Gasteiger partial charge in [-0.25, -0.2) is 4.98 Å². The molecule has 2 rings (SSSR count). The zero-order valence-electron chi connectivity index (χ0n) is 10.0. The van der Waals surface area contributed by atoms with Gasteiger partial charge in [0.1, 0.15) is 0 Å². The highest BCUT2D eigenvalue weighted by Crippen LogP contribution is 2.22. The minimum atomic E-state index is -0.226. The average molecular weight is 312 g/mol. The van der Waals surface area contributed by atoms with Gasteiger partial charge in [0, 0.05) is 11.0 Å². The first-order chi connectivity index (χ1) is 8.61. The van der Waals surface area contributed by atoms with Crippen LogP contribution in [0.4, 0.5) is 5.95 Å². The predicted molar refractivity (Wildman–Crippen MR) is 73.1 cm³/mol. The topological polar surface area (TPSA) is 70.1 Å². The number of benzene rings is 1. The lowest BCUT2D eigenvalue weighted by molar-refractivity contribution is -0.143. The molecule has 1 aromatic carbocycles. The number of aromatic nitrogens is 2. The highest BCUT2D eigenvalue weighted by atomic mass is 79.9. The molecule has 6 heteroatoms. The van der Waals surface area contributed by atoms with Gasteiger partial charge in [-0.15, -0.1) is 0 Å². The SMILES string of the molecule is CCOC(=O)CCn1c(N)nc2cc(Br)ccc21. The number of carbonyl (C=O) groups is 1. The van der Waals surface area contributed by atoms with E-state index in [1.807, 2.05) is 22.8 Å². The number of imidazole rings is 1. The number of rotatable bonds is 4. The van der Waals surface area contributed by atoms with Crippen molar-refractivity contribution in [1.82, 2.24) is 9.55 Å². The van der Waals surface area contributed by atoms with Gasteiger partial charge >= 0.3 is 5.97 Å². The molecule has 2 aromatic rings. The number of nitrogens with zero attached hydrogens (tertiary/aromatic N) is 2. The molecule has 0 saturated carbocycles. The molecule has 0 aliphatic heterocycles. The largest absolute Gasteiger partial charge is 0.466 e. The van der Waals surface area contributed by atoms with Crippen molar-refractivity contribution in [3.63, 3.8) is 0 Å². The molecule has 1 aromatic heterocycles. The Morgan fingerprint density at radius 3 is 3.06 bits per heavy atom. The molecule has 0 atom stereocenters. The van der Waals surface area contributed by atoms with Crippen LogP contribution in [-0.4, -0.2) is 22.1 Å². The first kappa shape index (κ1) is 12.9. The summed E-state index contributed by atoms with van der Waals surface area (Å²) in [7, 11) is 0. The summed E-state index contributed by atoms with van der Waals surface area (Å²) in [4.78, 5) is 15.6. The Morgan fingerprint density at radius 1 is 1.56 bits per heavy atom. The number of aryl methyl sites for hydroxylation is 1. The normalized spacial score (nSPS) is 10.8.